The van der Waals surface area contributed by atoms with Gasteiger partial charge in [0.1, 0.15) is 0 Å². The van der Waals surface area contributed by atoms with Crippen LogP contribution < -0.4 is 0 Å². The zero-order chi connectivity index (χ0) is 7.19. The molecular formula is C6H7F2O2. The minimum atomic E-state index is -2.49. The summed E-state index contributed by atoms with van der Waals surface area (Å²) in [5.41, 5.74) is 0. The quantitative estimate of drug-likeness (QED) is 0.557. The van der Waals surface area contributed by atoms with Gasteiger partial charge in [0.05, 0.1) is 18.6 Å². The topological polar surface area (TPSA) is 18.5 Å². The lowest BCUT2D eigenvalue weighted by atomic mass is 10.2. The summed E-state index contributed by atoms with van der Waals surface area (Å²) >= 11 is 0. The summed E-state index contributed by atoms with van der Waals surface area (Å²) in [7, 11) is 0. The Morgan fingerprint density at radius 2 is 2.20 bits per heavy atom. The fourth-order valence-corrected chi connectivity index (χ4v) is 1.13. The first-order valence-corrected chi connectivity index (χ1v) is 3.17. The maximum absolute atomic E-state index is 12.3. The van der Waals surface area contributed by atoms with Crippen LogP contribution in [0, 0.1) is 12.7 Å². The molecule has 2 atom stereocenters. The van der Waals surface area contributed by atoms with Crippen molar-refractivity contribution in [3.05, 3.63) is 6.79 Å². The van der Waals surface area contributed by atoms with Gasteiger partial charge in [-0.2, -0.15) is 0 Å². The molecule has 2 rings (SSSR count). The van der Waals surface area contributed by atoms with Crippen LogP contribution in [0.5, 0.6) is 0 Å². The summed E-state index contributed by atoms with van der Waals surface area (Å²) in [4.78, 5) is 0. The summed E-state index contributed by atoms with van der Waals surface area (Å²) in [5.74, 6) is -3.10. The second-order valence-electron chi connectivity index (χ2n) is 2.68. The number of hydrogen-bond donors (Lipinski definition) is 0. The van der Waals surface area contributed by atoms with E-state index in [2.05, 4.69) is 4.74 Å². The van der Waals surface area contributed by atoms with E-state index in [4.69, 9.17) is 4.74 Å². The molecule has 0 bridgehead atoms. The van der Waals surface area contributed by atoms with Gasteiger partial charge in [-0.15, -0.1) is 0 Å². The van der Waals surface area contributed by atoms with Gasteiger partial charge in [0.2, 0.25) is 6.79 Å². The Labute approximate surface area is 57.1 Å². The molecule has 0 aromatic rings. The van der Waals surface area contributed by atoms with Crippen molar-refractivity contribution in [3.63, 3.8) is 0 Å². The molecule has 0 amide bonds. The van der Waals surface area contributed by atoms with Crippen LogP contribution in [-0.2, 0) is 9.47 Å². The molecule has 4 heteroatoms. The van der Waals surface area contributed by atoms with E-state index in [0.717, 1.165) is 6.79 Å². The molecule has 2 nitrogen and oxygen atoms in total. The number of alkyl halides is 2. The fourth-order valence-electron chi connectivity index (χ4n) is 1.13. The normalized spacial score (nSPS) is 43.8. The van der Waals surface area contributed by atoms with Gasteiger partial charge in [0, 0.05) is 6.42 Å². The Balaban J connectivity index is 1.90. The third-order valence-electron chi connectivity index (χ3n) is 1.88. The van der Waals surface area contributed by atoms with E-state index in [9.17, 15) is 8.78 Å². The molecule has 1 saturated carbocycles. The van der Waals surface area contributed by atoms with Gasteiger partial charge in [-0.05, 0) is 0 Å². The van der Waals surface area contributed by atoms with E-state index in [1.165, 1.54) is 0 Å². The molecule has 1 heterocycles. The predicted octanol–water partition coefficient (Wildman–Crippen LogP) is 1.18. The third kappa shape index (κ3) is 0.914. The van der Waals surface area contributed by atoms with Crippen LogP contribution in [0.4, 0.5) is 8.78 Å². The zero-order valence-corrected chi connectivity index (χ0v) is 5.22. The average molecular weight is 149 g/mol. The van der Waals surface area contributed by atoms with E-state index in [1.54, 1.807) is 0 Å². The molecule has 10 heavy (non-hydrogen) atoms. The molecule has 2 unspecified atom stereocenters. The predicted molar refractivity (Wildman–Crippen MR) is 28.2 cm³/mol. The van der Waals surface area contributed by atoms with E-state index >= 15 is 0 Å². The highest BCUT2D eigenvalue weighted by atomic mass is 19.3. The van der Waals surface area contributed by atoms with Crippen LogP contribution in [0.25, 0.3) is 0 Å². The Kier molecular flexibility index (Phi) is 1.22. The summed E-state index contributed by atoms with van der Waals surface area (Å²) in [6.45, 7) is 1.42. The maximum atomic E-state index is 12.3. The van der Waals surface area contributed by atoms with E-state index in [0.29, 0.717) is 0 Å². The third-order valence-corrected chi connectivity index (χ3v) is 1.88. The van der Waals surface area contributed by atoms with Gasteiger partial charge in [0.15, 0.2) is 0 Å². The van der Waals surface area contributed by atoms with Gasteiger partial charge >= 0.3 is 0 Å². The van der Waals surface area contributed by atoms with E-state index in [1.807, 2.05) is 0 Å². The number of hydrogen-bond acceptors (Lipinski definition) is 2. The molecule has 1 aliphatic carbocycles. The minimum absolute atomic E-state index is 0.0468. The first kappa shape index (κ1) is 6.49. The van der Waals surface area contributed by atoms with Crippen molar-refractivity contribution in [3.8, 4) is 0 Å². The van der Waals surface area contributed by atoms with Crippen LogP contribution in [0.1, 0.15) is 6.42 Å². The van der Waals surface area contributed by atoms with Crippen molar-refractivity contribution < 1.29 is 18.3 Å². The van der Waals surface area contributed by atoms with Gasteiger partial charge in [-0.3, -0.25) is 0 Å². The number of ether oxygens (including phenoxy) is 2. The SMILES string of the molecule is FC1(F)CC1C1CO[CH]O1. The largest absolute Gasteiger partial charge is 0.345 e. The molecule has 1 aliphatic heterocycles. The Bertz CT molecular complexity index is 140. The van der Waals surface area contributed by atoms with E-state index < -0.39 is 17.9 Å². The highest BCUT2D eigenvalue weighted by Crippen LogP contribution is 2.52. The highest BCUT2D eigenvalue weighted by molar-refractivity contribution is 5.00. The van der Waals surface area contributed by atoms with Gasteiger partial charge < -0.3 is 9.47 Å². The van der Waals surface area contributed by atoms with Crippen molar-refractivity contribution in [1.29, 1.82) is 0 Å². The molecular weight excluding hydrogens is 142 g/mol. The molecule has 0 aromatic heterocycles. The average Bonchev–Trinajstić information content (AvgIpc) is 2.31. The number of rotatable bonds is 1. The lowest BCUT2D eigenvalue weighted by Gasteiger charge is -2.03. The molecule has 0 aromatic carbocycles. The first-order chi connectivity index (χ1) is 4.70. The summed E-state index contributed by atoms with van der Waals surface area (Å²) in [6.07, 6.45) is -0.454. The summed E-state index contributed by atoms with van der Waals surface area (Å²) in [5, 5.41) is 0. The Hall–Kier alpha value is -0.220. The standard InChI is InChI=1S/C6H7F2O2/c7-6(8)1-4(6)5-2-9-3-10-5/h3-5H,1-2H2. The van der Waals surface area contributed by atoms with Crippen LogP contribution in [0.15, 0.2) is 0 Å². The van der Waals surface area contributed by atoms with Gasteiger partial charge in [0.25, 0.3) is 5.92 Å². The Morgan fingerprint density at radius 3 is 2.60 bits per heavy atom. The molecule has 2 aliphatic rings. The van der Waals surface area contributed by atoms with Crippen LogP contribution in [0.2, 0.25) is 0 Å². The van der Waals surface area contributed by atoms with Gasteiger partial charge in [-0.1, -0.05) is 0 Å². The molecule has 57 valence electrons. The summed E-state index contributed by atoms with van der Waals surface area (Å²) < 4.78 is 34.1. The maximum Gasteiger partial charge on any atom is 0.254 e. The van der Waals surface area contributed by atoms with Gasteiger partial charge in [-0.25, -0.2) is 8.78 Å². The first-order valence-electron chi connectivity index (χ1n) is 3.17. The second kappa shape index (κ2) is 1.89. The van der Waals surface area contributed by atoms with Crippen molar-refractivity contribution >= 4 is 0 Å². The van der Waals surface area contributed by atoms with Crippen molar-refractivity contribution in [1.82, 2.24) is 0 Å². The minimum Gasteiger partial charge on any atom is -0.345 e. The zero-order valence-electron chi connectivity index (χ0n) is 5.22. The monoisotopic (exact) mass is 149 g/mol. The smallest absolute Gasteiger partial charge is 0.254 e. The molecule has 1 radical (unpaired) electrons. The van der Waals surface area contributed by atoms with Crippen LogP contribution >= 0.6 is 0 Å². The Morgan fingerprint density at radius 1 is 1.50 bits per heavy atom. The number of halogens is 2. The molecule has 0 N–H and O–H groups in total. The molecule has 1 saturated heterocycles. The lowest BCUT2D eigenvalue weighted by Crippen LogP contribution is -2.16. The highest BCUT2D eigenvalue weighted by Gasteiger charge is 2.61. The van der Waals surface area contributed by atoms with Crippen molar-refractivity contribution in [2.45, 2.75) is 18.4 Å². The van der Waals surface area contributed by atoms with Crippen LogP contribution in [-0.4, -0.2) is 18.6 Å². The fraction of sp³-hybridized carbons (Fsp3) is 0.833. The van der Waals surface area contributed by atoms with Crippen molar-refractivity contribution in [2.24, 2.45) is 5.92 Å². The molecule has 2 fully saturated rings. The second-order valence-corrected chi connectivity index (χ2v) is 2.68. The van der Waals surface area contributed by atoms with E-state index in [-0.39, 0.29) is 13.0 Å². The van der Waals surface area contributed by atoms with Crippen molar-refractivity contribution in [2.75, 3.05) is 6.61 Å². The molecule has 0 spiro atoms. The lowest BCUT2D eigenvalue weighted by molar-refractivity contribution is 0.0479. The van der Waals surface area contributed by atoms with Crippen LogP contribution in [0.3, 0.4) is 0 Å². The summed E-state index contributed by atoms with van der Waals surface area (Å²) in [6, 6.07) is 0.